The number of methoxy groups -OCH3 is 1. The normalized spacial score (nSPS) is 12.1. The molecular formula is C22H29N3O5S. The molecule has 2 rings (SSSR count). The minimum Gasteiger partial charge on any atom is -0.385 e. The van der Waals surface area contributed by atoms with Crippen LogP contribution in [-0.4, -0.2) is 52.8 Å². The molecule has 31 heavy (non-hydrogen) atoms. The maximum atomic E-state index is 13.1. The zero-order valence-electron chi connectivity index (χ0n) is 18.0. The second-order valence-corrected chi connectivity index (χ2v) is 8.81. The Morgan fingerprint density at radius 3 is 2.32 bits per heavy atom. The van der Waals surface area contributed by atoms with Crippen molar-refractivity contribution in [2.75, 3.05) is 36.1 Å². The van der Waals surface area contributed by atoms with Crippen molar-refractivity contribution in [3.63, 3.8) is 0 Å². The molecule has 2 aromatic rings. The molecule has 0 aliphatic rings. The second kappa shape index (κ2) is 11.5. The largest absolute Gasteiger partial charge is 0.385 e. The number of anilines is 2. The number of sulfonamides is 1. The van der Waals surface area contributed by atoms with Gasteiger partial charge in [-0.1, -0.05) is 37.3 Å². The van der Waals surface area contributed by atoms with Crippen molar-refractivity contribution in [3.8, 4) is 0 Å². The highest BCUT2D eigenvalue weighted by Gasteiger charge is 2.31. The molecule has 0 aliphatic carbocycles. The zero-order valence-corrected chi connectivity index (χ0v) is 18.8. The van der Waals surface area contributed by atoms with Crippen molar-refractivity contribution in [1.82, 2.24) is 5.32 Å². The molecule has 9 heteroatoms. The van der Waals surface area contributed by atoms with E-state index in [0.29, 0.717) is 36.5 Å². The van der Waals surface area contributed by atoms with Gasteiger partial charge in [-0.2, -0.15) is 0 Å². The van der Waals surface area contributed by atoms with E-state index in [2.05, 4.69) is 10.6 Å². The van der Waals surface area contributed by atoms with Gasteiger partial charge in [0.2, 0.25) is 15.9 Å². The predicted molar refractivity (Wildman–Crippen MR) is 122 cm³/mol. The van der Waals surface area contributed by atoms with Gasteiger partial charge >= 0.3 is 0 Å². The summed E-state index contributed by atoms with van der Waals surface area (Å²) in [6.07, 6.45) is 1.98. The molecule has 0 aliphatic heterocycles. The Labute approximate surface area is 183 Å². The summed E-state index contributed by atoms with van der Waals surface area (Å²) >= 11 is 0. The first-order chi connectivity index (χ1) is 14.8. The van der Waals surface area contributed by atoms with Crippen LogP contribution in [0, 0.1) is 0 Å². The number of amides is 2. The smallest absolute Gasteiger partial charge is 0.253 e. The van der Waals surface area contributed by atoms with E-state index in [0.717, 1.165) is 10.6 Å². The van der Waals surface area contributed by atoms with Crippen LogP contribution >= 0.6 is 0 Å². The Kier molecular flexibility index (Phi) is 9.02. The summed E-state index contributed by atoms with van der Waals surface area (Å²) in [6.45, 7) is 2.69. The van der Waals surface area contributed by atoms with E-state index < -0.39 is 22.0 Å². The van der Waals surface area contributed by atoms with Crippen LogP contribution in [0.2, 0.25) is 0 Å². The lowest BCUT2D eigenvalue weighted by Gasteiger charge is -2.30. The van der Waals surface area contributed by atoms with Crippen LogP contribution in [0.3, 0.4) is 0 Å². The molecule has 0 fully saturated rings. The summed E-state index contributed by atoms with van der Waals surface area (Å²) < 4.78 is 31.1. The van der Waals surface area contributed by atoms with E-state index in [4.69, 9.17) is 4.74 Å². The van der Waals surface area contributed by atoms with Gasteiger partial charge in [0, 0.05) is 20.3 Å². The monoisotopic (exact) mass is 447 g/mol. The molecule has 2 aromatic carbocycles. The van der Waals surface area contributed by atoms with Gasteiger partial charge in [0.25, 0.3) is 5.91 Å². The van der Waals surface area contributed by atoms with Gasteiger partial charge in [0.15, 0.2) is 0 Å². The van der Waals surface area contributed by atoms with Crippen molar-refractivity contribution in [1.29, 1.82) is 0 Å². The number of carbonyl (C=O) groups excluding carboxylic acids is 2. The Bertz CT molecular complexity index is 980. The van der Waals surface area contributed by atoms with Crippen LogP contribution in [-0.2, 0) is 19.6 Å². The first-order valence-corrected chi connectivity index (χ1v) is 11.9. The standard InChI is InChI=1S/C22H29N3O5S/c1-4-20(25(31(3,28)29)17-11-6-5-7-12-17)22(27)24-19-14-9-8-13-18(19)21(26)23-15-10-16-30-2/h5-9,11-14,20H,4,10,15-16H2,1-3H3,(H,23,26)(H,24,27). The molecule has 0 saturated carbocycles. The van der Waals surface area contributed by atoms with E-state index in [-0.39, 0.29) is 12.3 Å². The predicted octanol–water partition coefficient (Wildman–Crippen LogP) is 2.64. The third-order valence-corrected chi connectivity index (χ3v) is 5.76. The topological polar surface area (TPSA) is 105 Å². The molecule has 0 bridgehead atoms. The highest BCUT2D eigenvalue weighted by atomic mass is 32.2. The molecule has 0 heterocycles. The summed E-state index contributed by atoms with van der Waals surface area (Å²) in [5, 5.41) is 5.52. The van der Waals surface area contributed by atoms with Gasteiger partial charge in [0.05, 0.1) is 23.2 Å². The molecule has 0 spiro atoms. The molecule has 0 aromatic heterocycles. The average Bonchev–Trinajstić information content (AvgIpc) is 2.74. The van der Waals surface area contributed by atoms with Gasteiger partial charge in [-0.15, -0.1) is 0 Å². The van der Waals surface area contributed by atoms with E-state index in [9.17, 15) is 18.0 Å². The quantitative estimate of drug-likeness (QED) is 0.515. The lowest BCUT2D eigenvalue weighted by molar-refractivity contribution is -0.117. The van der Waals surface area contributed by atoms with Crippen molar-refractivity contribution in [3.05, 3.63) is 60.2 Å². The molecule has 2 N–H and O–H groups in total. The first-order valence-electron chi connectivity index (χ1n) is 10.0. The van der Waals surface area contributed by atoms with Crippen molar-refractivity contribution in [2.45, 2.75) is 25.8 Å². The molecule has 0 radical (unpaired) electrons. The molecular weight excluding hydrogens is 418 g/mol. The Morgan fingerprint density at radius 2 is 1.71 bits per heavy atom. The average molecular weight is 448 g/mol. The lowest BCUT2D eigenvalue weighted by Crippen LogP contribution is -2.47. The van der Waals surface area contributed by atoms with E-state index >= 15 is 0 Å². The number of hydrogen-bond donors (Lipinski definition) is 2. The Balaban J connectivity index is 2.25. The number of ether oxygens (including phenoxy) is 1. The fourth-order valence-corrected chi connectivity index (χ4v) is 4.37. The molecule has 0 saturated heterocycles. The fraction of sp³-hybridized carbons (Fsp3) is 0.364. The van der Waals surface area contributed by atoms with Crippen molar-refractivity contribution in [2.24, 2.45) is 0 Å². The fourth-order valence-electron chi connectivity index (χ4n) is 3.15. The number of carbonyl (C=O) groups is 2. The van der Waals surface area contributed by atoms with Crippen LogP contribution in [0.1, 0.15) is 30.1 Å². The number of nitrogens with one attached hydrogen (secondary N) is 2. The van der Waals surface area contributed by atoms with Crippen LogP contribution in [0.5, 0.6) is 0 Å². The molecule has 168 valence electrons. The summed E-state index contributed by atoms with van der Waals surface area (Å²) in [6, 6.07) is 14.1. The number of benzene rings is 2. The maximum absolute atomic E-state index is 13.1. The maximum Gasteiger partial charge on any atom is 0.253 e. The molecule has 1 atom stereocenters. The van der Waals surface area contributed by atoms with Crippen molar-refractivity contribution >= 4 is 33.2 Å². The van der Waals surface area contributed by atoms with Crippen LogP contribution < -0.4 is 14.9 Å². The van der Waals surface area contributed by atoms with Gasteiger partial charge in [-0.25, -0.2) is 8.42 Å². The minimum absolute atomic E-state index is 0.249. The van der Waals surface area contributed by atoms with E-state index in [1.165, 1.54) is 0 Å². The molecule has 8 nitrogen and oxygen atoms in total. The van der Waals surface area contributed by atoms with E-state index in [1.807, 2.05) is 0 Å². The first kappa shape index (κ1) is 24.4. The lowest BCUT2D eigenvalue weighted by atomic mass is 10.1. The van der Waals surface area contributed by atoms with E-state index in [1.54, 1.807) is 68.6 Å². The minimum atomic E-state index is -3.73. The van der Waals surface area contributed by atoms with Gasteiger partial charge in [-0.05, 0) is 37.1 Å². The SMILES string of the molecule is CCC(C(=O)Nc1ccccc1C(=O)NCCCOC)N(c1ccccc1)S(C)(=O)=O. The van der Waals surface area contributed by atoms with Gasteiger partial charge < -0.3 is 15.4 Å². The number of nitrogens with zero attached hydrogens (tertiary/aromatic N) is 1. The molecule has 2 amide bonds. The Morgan fingerprint density at radius 1 is 1.06 bits per heavy atom. The number of hydrogen-bond acceptors (Lipinski definition) is 5. The highest BCUT2D eigenvalue weighted by molar-refractivity contribution is 7.92. The summed E-state index contributed by atoms with van der Waals surface area (Å²) in [5.74, 6) is -0.848. The zero-order chi connectivity index (χ0) is 22.9. The number of para-hydroxylation sites is 2. The van der Waals surface area contributed by atoms with Crippen molar-refractivity contribution < 1.29 is 22.7 Å². The number of rotatable bonds is 11. The Hall–Kier alpha value is -2.91. The van der Waals surface area contributed by atoms with Gasteiger partial charge in [-0.3, -0.25) is 13.9 Å². The van der Waals surface area contributed by atoms with Crippen LogP contribution in [0.25, 0.3) is 0 Å². The summed E-state index contributed by atoms with van der Waals surface area (Å²) in [7, 11) is -2.14. The summed E-state index contributed by atoms with van der Waals surface area (Å²) in [5.41, 5.74) is 1.02. The third kappa shape index (κ3) is 6.80. The van der Waals surface area contributed by atoms with Crippen LogP contribution in [0.15, 0.2) is 54.6 Å². The van der Waals surface area contributed by atoms with Gasteiger partial charge in [0.1, 0.15) is 6.04 Å². The second-order valence-electron chi connectivity index (χ2n) is 6.96. The third-order valence-electron chi connectivity index (χ3n) is 4.58. The summed E-state index contributed by atoms with van der Waals surface area (Å²) in [4.78, 5) is 25.7. The highest BCUT2D eigenvalue weighted by Crippen LogP contribution is 2.24. The molecule has 1 unspecified atom stereocenters. The van der Waals surface area contributed by atoms with Crippen LogP contribution in [0.4, 0.5) is 11.4 Å².